The van der Waals surface area contributed by atoms with Gasteiger partial charge in [-0.3, -0.25) is 38.6 Å². The van der Waals surface area contributed by atoms with Crippen molar-refractivity contribution in [2.45, 2.75) is 142 Å². The van der Waals surface area contributed by atoms with Gasteiger partial charge in [-0.1, -0.05) is 59.8 Å². The second-order valence-corrected chi connectivity index (χ2v) is 17.7. The maximum Gasteiger partial charge on any atom is 0.325 e. The number of phenols is 1. The van der Waals surface area contributed by atoms with Crippen LogP contribution in [-0.4, -0.2) is 116 Å². The summed E-state index contributed by atoms with van der Waals surface area (Å²) in [6.07, 6.45) is 5.62. The molecule has 2 heterocycles. The zero-order valence-corrected chi connectivity index (χ0v) is 39.3. The summed E-state index contributed by atoms with van der Waals surface area (Å²) in [6.45, 7) is 15.2. The Hall–Kier alpha value is -6.27. The van der Waals surface area contributed by atoms with Crippen molar-refractivity contribution >= 4 is 47.1 Å². The Morgan fingerprint density at radius 1 is 0.894 bits per heavy atom. The lowest BCUT2D eigenvalue weighted by molar-refractivity contribution is -0.139. The summed E-state index contributed by atoms with van der Waals surface area (Å²) >= 11 is 0. The number of aliphatic imine (C=N–C) groups is 1. The lowest BCUT2D eigenvalue weighted by Gasteiger charge is -2.32. The molecule has 1 aliphatic heterocycles. The summed E-state index contributed by atoms with van der Waals surface area (Å²) in [5.74, 6) is -6.34. The number of nitrogens with two attached hydrogens (primary N) is 2. The Kier molecular flexibility index (Phi) is 21.8. The molecule has 0 aliphatic carbocycles. The van der Waals surface area contributed by atoms with Crippen molar-refractivity contribution in [3.05, 3.63) is 60.3 Å². The highest BCUT2D eigenvalue weighted by Crippen LogP contribution is 2.26. The van der Waals surface area contributed by atoms with E-state index in [0.717, 1.165) is 0 Å². The number of likely N-dealkylation sites (tertiary alicyclic amines) is 1. The van der Waals surface area contributed by atoms with Crippen LogP contribution in [0.1, 0.15) is 111 Å². The number of Topliss-reactive ketones (excluding diaryl/α,β-unsaturated/α-hetero) is 2. The number of amides is 4. The Morgan fingerprint density at radius 2 is 1.53 bits per heavy atom. The van der Waals surface area contributed by atoms with Gasteiger partial charge in [-0.05, 0) is 75.0 Å². The van der Waals surface area contributed by atoms with Crippen molar-refractivity contribution in [2.24, 2.45) is 40.1 Å². The van der Waals surface area contributed by atoms with Gasteiger partial charge in [0.2, 0.25) is 23.6 Å². The lowest BCUT2D eigenvalue weighted by atomic mass is 9.83. The van der Waals surface area contributed by atoms with E-state index >= 15 is 0 Å². The van der Waals surface area contributed by atoms with Crippen LogP contribution in [0.5, 0.6) is 5.75 Å². The Labute approximate surface area is 387 Å². The predicted molar refractivity (Wildman–Crippen MR) is 249 cm³/mol. The number of aromatic hydroxyl groups is 1. The number of phenolic OH excluding ortho intramolecular Hbond substituents is 1. The average Bonchev–Trinajstić information content (AvgIpc) is 3.98. The van der Waals surface area contributed by atoms with Crippen LogP contribution < -0.4 is 32.7 Å². The number of nitrogens with one attached hydrogen (secondary N) is 5. The quantitative estimate of drug-likeness (QED) is 0.0323. The van der Waals surface area contributed by atoms with Crippen LogP contribution in [0.3, 0.4) is 0 Å². The van der Waals surface area contributed by atoms with Gasteiger partial charge in [0, 0.05) is 68.2 Å². The lowest BCUT2D eigenvalue weighted by Crippen LogP contribution is -2.54. The zero-order chi connectivity index (χ0) is 49.1. The maximum atomic E-state index is 14.6. The fourth-order valence-electron chi connectivity index (χ4n) is 8.01. The minimum Gasteiger partial charge on any atom is -0.508 e. The van der Waals surface area contributed by atoms with E-state index in [1.165, 1.54) is 25.4 Å². The summed E-state index contributed by atoms with van der Waals surface area (Å²) in [4.78, 5) is 108. The van der Waals surface area contributed by atoms with Gasteiger partial charge in [0.05, 0.1) is 24.5 Å². The summed E-state index contributed by atoms with van der Waals surface area (Å²) < 4.78 is 0. The zero-order valence-electron chi connectivity index (χ0n) is 39.3. The number of carboxylic acid groups (broad SMARTS) is 1. The number of ketones is 2. The second kappa shape index (κ2) is 26.6. The number of benzene rings is 1. The predicted octanol–water partition coefficient (Wildman–Crippen LogP) is 2.63. The van der Waals surface area contributed by atoms with Crippen LogP contribution in [0.15, 0.2) is 54.1 Å². The first kappa shape index (κ1) is 54.1. The van der Waals surface area contributed by atoms with Gasteiger partial charge in [-0.2, -0.15) is 0 Å². The van der Waals surface area contributed by atoms with E-state index in [4.69, 9.17) is 11.5 Å². The smallest absolute Gasteiger partial charge is 0.325 e. The standard InChI is InChI=1S/C47H72N10O9/c1-8-12-42(61)54-36(13-10-19-51-47(48)49)40(59)23-34(27(3)4)43(62)55-37(21-31-15-17-33(58)18-16-31)41(60)24-35(28(5)9-2)44(63)56-38(22-32-25-50-26-52-32)45(64)57-20-11-14-39(57)29(6)53-30(7)46(65)66/h15-18,25-28,30,34-39,53,58H,6,8-14,19-24H2,1-5,7H3,(H,50,52)(H,54,61)(H,55,62)(H,56,63)(H,65,66)(H4,48,49,51)/t28?,30-,34+,35+,36+,37+,38+,39?/m1/s1. The van der Waals surface area contributed by atoms with Crippen molar-refractivity contribution in [1.82, 2.24) is 36.1 Å². The molecule has 3 rings (SSSR count). The van der Waals surface area contributed by atoms with Crippen LogP contribution >= 0.6 is 0 Å². The number of aromatic amines is 1. The first-order chi connectivity index (χ1) is 31.2. The monoisotopic (exact) mass is 921 g/mol. The highest BCUT2D eigenvalue weighted by Gasteiger charge is 2.39. The molecule has 0 radical (unpaired) electrons. The van der Waals surface area contributed by atoms with Crippen molar-refractivity contribution in [3.63, 3.8) is 0 Å². The highest BCUT2D eigenvalue weighted by atomic mass is 16.4. The van der Waals surface area contributed by atoms with E-state index in [1.807, 2.05) is 20.8 Å². The number of imidazole rings is 1. The molecule has 8 atom stereocenters. The molecule has 1 aromatic carbocycles. The van der Waals surface area contributed by atoms with Gasteiger partial charge in [-0.15, -0.1) is 0 Å². The summed E-state index contributed by atoms with van der Waals surface area (Å²) in [5.41, 5.74) is 12.5. The molecule has 66 heavy (non-hydrogen) atoms. The second-order valence-electron chi connectivity index (χ2n) is 17.7. The normalized spacial score (nSPS) is 16.7. The fourth-order valence-corrected chi connectivity index (χ4v) is 8.01. The van der Waals surface area contributed by atoms with Crippen LogP contribution in [-0.2, 0) is 46.4 Å². The van der Waals surface area contributed by atoms with Gasteiger partial charge in [-0.25, -0.2) is 4.98 Å². The minimum absolute atomic E-state index is 0.00584. The number of hydrogen-bond acceptors (Lipinski definition) is 11. The Balaban J connectivity index is 1.91. The number of aromatic nitrogens is 2. The number of nitrogens with zero attached hydrogens (tertiary/aromatic N) is 3. The molecule has 11 N–H and O–H groups in total. The first-order valence-corrected chi connectivity index (χ1v) is 23.0. The molecule has 1 fully saturated rings. The number of carboxylic acids is 1. The molecule has 364 valence electrons. The van der Waals surface area contributed by atoms with E-state index in [2.05, 4.69) is 42.8 Å². The minimum atomic E-state index is -1.16. The van der Waals surface area contributed by atoms with Crippen molar-refractivity contribution < 1.29 is 43.8 Å². The molecule has 0 saturated carbocycles. The van der Waals surface area contributed by atoms with Crippen LogP contribution in [0.4, 0.5) is 0 Å². The summed E-state index contributed by atoms with van der Waals surface area (Å²) in [6, 6.07) is 1.56. The average molecular weight is 921 g/mol. The number of H-pyrrole nitrogens is 1. The molecule has 2 unspecified atom stereocenters. The Morgan fingerprint density at radius 3 is 2.12 bits per heavy atom. The number of hydrogen-bond donors (Lipinski definition) is 9. The van der Waals surface area contributed by atoms with Crippen molar-refractivity contribution in [3.8, 4) is 5.75 Å². The third-order valence-corrected chi connectivity index (χ3v) is 12.2. The summed E-state index contributed by atoms with van der Waals surface area (Å²) in [7, 11) is 0. The molecule has 0 bridgehead atoms. The fraction of sp³-hybridized carbons (Fsp3) is 0.596. The molecule has 19 heteroatoms. The Bertz CT molecular complexity index is 1980. The van der Waals surface area contributed by atoms with Crippen LogP contribution in [0.2, 0.25) is 0 Å². The topological polar surface area (TPSA) is 304 Å². The van der Waals surface area contributed by atoms with Gasteiger partial charge in [0.1, 0.15) is 17.8 Å². The molecule has 1 saturated heterocycles. The van der Waals surface area contributed by atoms with Gasteiger partial charge in [0.15, 0.2) is 17.5 Å². The van der Waals surface area contributed by atoms with E-state index in [-0.39, 0.29) is 80.3 Å². The van der Waals surface area contributed by atoms with Crippen LogP contribution in [0.25, 0.3) is 0 Å². The molecule has 1 aromatic heterocycles. The summed E-state index contributed by atoms with van der Waals surface area (Å²) in [5, 5.41) is 31.0. The van der Waals surface area contributed by atoms with E-state index < -0.39 is 71.5 Å². The third-order valence-electron chi connectivity index (χ3n) is 12.2. The molecule has 19 nitrogen and oxygen atoms in total. The van der Waals surface area contributed by atoms with Crippen LogP contribution in [0, 0.1) is 23.7 Å². The first-order valence-electron chi connectivity index (χ1n) is 23.0. The van der Waals surface area contributed by atoms with Gasteiger partial charge < -0.3 is 52.8 Å². The molecule has 2 aromatic rings. The molecule has 0 spiro atoms. The number of aliphatic carboxylic acids is 1. The van der Waals surface area contributed by atoms with Crippen molar-refractivity contribution in [2.75, 3.05) is 13.1 Å². The van der Waals surface area contributed by atoms with E-state index in [1.54, 1.807) is 37.1 Å². The third kappa shape index (κ3) is 16.9. The number of rotatable bonds is 29. The molecular weight excluding hydrogens is 849 g/mol. The highest BCUT2D eigenvalue weighted by molar-refractivity contribution is 5.96. The largest absolute Gasteiger partial charge is 0.508 e. The molecular formula is C47H72N10O9. The van der Waals surface area contributed by atoms with E-state index in [9.17, 15) is 43.8 Å². The maximum absolute atomic E-state index is 14.6. The SMILES string of the molecule is C=C(N[C@H](C)C(=O)O)C1CCCN1C(=O)[C@H](Cc1cnc[nH]1)NC(=O)[C@@H](CC(=O)[C@H](Cc1ccc(O)cc1)NC(=O)[C@@H](CC(=O)[C@H](CCCN=C(N)N)NC(=O)CCC)C(C)C)C(C)CC. The van der Waals surface area contributed by atoms with Crippen molar-refractivity contribution in [1.29, 1.82) is 0 Å². The molecule has 1 aliphatic rings. The number of carbonyl (C=O) groups is 7. The van der Waals surface area contributed by atoms with Gasteiger partial charge in [0.25, 0.3) is 0 Å². The number of guanidine groups is 1. The molecule has 4 amide bonds. The number of carbonyl (C=O) groups excluding carboxylic acids is 6. The van der Waals surface area contributed by atoms with Gasteiger partial charge >= 0.3 is 5.97 Å². The van der Waals surface area contributed by atoms with E-state index in [0.29, 0.717) is 55.6 Å².